The van der Waals surface area contributed by atoms with Crippen molar-refractivity contribution in [3.8, 4) is 0 Å². The van der Waals surface area contributed by atoms with E-state index < -0.39 is 24.1 Å². The molecule has 0 aromatic heterocycles. The van der Waals surface area contributed by atoms with Crippen LogP contribution in [0.25, 0.3) is 0 Å². The smallest absolute Gasteiger partial charge is 0.409 e. The van der Waals surface area contributed by atoms with E-state index in [1.54, 1.807) is 28.8 Å². The molecule has 1 amide bonds. The number of halogens is 1. The molecule has 0 radical (unpaired) electrons. The summed E-state index contributed by atoms with van der Waals surface area (Å²) in [6.07, 6.45) is -3.82. The molecule has 0 saturated carbocycles. The van der Waals surface area contributed by atoms with Crippen LogP contribution < -0.4 is 0 Å². The van der Waals surface area contributed by atoms with Gasteiger partial charge in [-0.05, 0) is 48.7 Å². The lowest BCUT2D eigenvalue weighted by molar-refractivity contribution is -0.165. The van der Waals surface area contributed by atoms with Crippen LogP contribution >= 0.6 is 11.8 Å². The number of amides is 1. The van der Waals surface area contributed by atoms with Gasteiger partial charge < -0.3 is 30.1 Å². The molecule has 4 N–H and O–H groups in total. The van der Waals surface area contributed by atoms with E-state index in [1.165, 1.54) is 16.0 Å². The molecule has 222 valence electrons. The van der Waals surface area contributed by atoms with Crippen molar-refractivity contribution < 1.29 is 43.9 Å². The van der Waals surface area contributed by atoms with Crippen molar-refractivity contribution in [3.05, 3.63) is 58.9 Å². The highest BCUT2D eigenvalue weighted by atomic mass is 32.2. The second-order valence-electron chi connectivity index (χ2n) is 10.2. The van der Waals surface area contributed by atoms with E-state index in [0.717, 1.165) is 56.1 Å². The molecule has 2 aromatic rings. The van der Waals surface area contributed by atoms with Gasteiger partial charge in [-0.3, -0.25) is 9.80 Å². The van der Waals surface area contributed by atoms with Crippen molar-refractivity contribution in [2.45, 2.75) is 41.4 Å². The minimum atomic E-state index is -2.27. The molecule has 41 heavy (non-hydrogen) atoms. The number of nitrogens with zero attached hydrogens (tertiary/aromatic N) is 3. The van der Waals surface area contributed by atoms with Crippen molar-refractivity contribution in [1.29, 1.82) is 0 Å². The predicted molar refractivity (Wildman–Crippen MR) is 146 cm³/mol. The molecule has 3 aliphatic heterocycles. The van der Waals surface area contributed by atoms with Crippen molar-refractivity contribution in [1.82, 2.24) is 14.7 Å². The predicted octanol–water partition coefficient (Wildman–Crippen LogP) is 1.83. The van der Waals surface area contributed by atoms with Gasteiger partial charge >= 0.3 is 18.0 Å². The zero-order chi connectivity index (χ0) is 29.7. The first kappa shape index (κ1) is 30.7. The van der Waals surface area contributed by atoms with Gasteiger partial charge in [0, 0.05) is 55.1 Å². The Hall–Kier alpha value is -3.23. The minimum absolute atomic E-state index is 0.164. The summed E-state index contributed by atoms with van der Waals surface area (Å²) in [4.78, 5) is 40.3. The summed E-state index contributed by atoms with van der Waals surface area (Å²) in [7, 11) is 0. The van der Waals surface area contributed by atoms with Gasteiger partial charge in [0.2, 0.25) is 0 Å². The first-order chi connectivity index (χ1) is 19.5. The number of piperazine rings is 1. The number of carboxylic acid groups (broad SMARTS) is 2. The summed E-state index contributed by atoms with van der Waals surface area (Å²) >= 11 is 1.76. The lowest BCUT2D eigenvalue weighted by atomic mass is 9.95. The van der Waals surface area contributed by atoms with Crippen LogP contribution in [-0.2, 0) is 20.7 Å². The summed E-state index contributed by atoms with van der Waals surface area (Å²) in [5.74, 6) is -3.70. The van der Waals surface area contributed by atoms with Gasteiger partial charge in [0.1, 0.15) is 12.4 Å². The largest absolute Gasteiger partial charge is 0.479 e. The molecular weight excluding hydrogens is 557 g/mol. The van der Waals surface area contributed by atoms with Gasteiger partial charge in [0.15, 0.2) is 12.2 Å². The van der Waals surface area contributed by atoms with E-state index in [-0.39, 0.29) is 18.0 Å². The lowest BCUT2D eigenvalue weighted by Crippen LogP contribution is -2.49. The zero-order valence-corrected chi connectivity index (χ0v) is 23.4. The quantitative estimate of drug-likeness (QED) is 0.373. The monoisotopic (exact) mass is 591 g/mol. The van der Waals surface area contributed by atoms with E-state index in [0.29, 0.717) is 13.2 Å². The van der Waals surface area contributed by atoms with Crippen molar-refractivity contribution in [2.24, 2.45) is 0 Å². The van der Waals surface area contributed by atoms with Crippen LogP contribution in [0.5, 0.6) is 0 Å². The van der Waals surface area contributed by atoms with Gasteiger partial charge in [-0.1, -0.05) is 29.5 Å². The molecule has 2 aromatic carbocycles. The van der Waals surface area contributed by atoms with Gasteiger partial charge in [-0.25, -0.2) is 18.8 Å². The van der Waals surface area contributed by atoms with E-state index in [2.05, 4.69) is 34.9 Å². The van der Waals surface area contributed by atoms with Crippen molar-refractivity contribution in [2.75, 3.05) is 52.4 Å². The summed E-state index contributed by atoms with van der Waals surface area (Å²) in [6.45, 7) is 8.72. The molecule has 11 nitrogen and oxygen atoms in total. The number of cyclic esters (lactones) is 1. The molecule has 0 aliphatic carbocycles. The molecule has 0 spiro atoms. The van der Waals surface area contributed by atoms with Crippen LogP contribution in [0, 0.1) is 12.7 Å². The van der Waals surface area contributed by atoms with Crippen LogP contribution in [0.1, 0.15) is 22.7 Å². The van der Waals surface area contributed by atoms with Crippen LogP contribution in [-0.4, -0.2) is 118 Å². The topological polar surface area (TPSA) is 151 Å². The molecule has 3 heterocycles. The van der Waals surface area contributed by atoms with E-state index in [1.807, 2.05) is 6.07 Å². The third-order valence-corrected chi connectivity index (χ3v) is 8.57. The highest BCUT2D eigenvalue weighted by molar-refractivity contribution is 7.99. The fourth-order valence-corrected chi connectivity index (χ4v) is 6.16. The molecule has 2 fully saturated rings. The Bertz CT molecular complexity index is 1250. The Morgan fingerprint density at radius 2 is 1.63 bits per heavy atom. The Morgan fingerprint density at radius 1 is 0.976 bits per heavy atom. The number of hydrogen-bond donors (Lipinski definition) is 4. The maximum Gasteiger partial charge on any atom is 0.409 e. The summed E-state index contributed by atoms with van der Waals surface area (Å²) < 4.78 is 19.2. The molecule has 13 heteroatoms. The zero-order valence-electron chi connectivity index (χ0n) is 22.6. The molecule has 5 rings (SSSR count). The second-order valence-corrected chi connectivity index (χ2v) is 11.2. The van der Waals surface area contributed by atoms with Crippen LogP contribution in [0.4, 0.5) is 9.18 Å². The highest BCUT2D eigenvalue weighted by Gasteiger charge is 2.31. The van der Waals surface area contributed by atoms with Gasteiger partial charge in [0.05, 0.1) is 6.54 Å². The summed E-state index contributed by atoms with van der Waals surface area (Å²) in [6, 6.07) is 12.1. The summed E-state index contributed by atoms with van der Waals surface area (Å²) in [5.41, 5.74) is 3.72. The van der Waals surface area contributed by atoms with Gasteiger partial charge in [-0.2, -0.15) is 0 Å². The number of benzene rings is 2. The maximum atomic E-state index is 14.2. The Labute approximate surface area is 241 Å². The number of rotatable bonds is 7. The Kier molecular flexibility index (Phi) is 10.2. The van der Waals surface area contributed by atoms with Gasteiger partial charge in [0.25, 0.3) is 0 Å². The Balaban J connectivity index is 0.000000334. The average Bonchev–Trinajstić information content (AvgIpc) is 3.29. The fourth-order valence-electron chi connectivity index (χ4n) is 5.06. The van der Waals surface area contributed by atoms with Crippen molar-refractivity contribution >= 4 is 29.8 Å². The molecule has 0 unspecified atom stereocenters. The molecule has 0 bridgehead atoms. The number of carboxylic acids is 2. The van der Waals surface area contributed by atoms with Crippen LogP contribution in [0.3, 0.4) is 0 Å². The summed E-state index contributed by atoms with van der Waals surface area (Å²) in [5, 5.41) is 32.5. The third-order valence-electron chi connectivity index (χ3n) is 7.36. The normalized spacial score (nSPS) is 20.5. The number of ether oxygens (including phenoxy) is 1. The number of carbonyl (C=O) groups excluding carboxylic acids is 1. The molecular formula is C28H34FN3O8S. The lowest BCUT2D eigenvalue weighted by Gasteiger charge is -2.40. The number of aryl methyl sites for hydroxylation is 1. The standard InChI is InChI=1S/C24H28FN3O2S.C4H6O6/c1-17-2-4-22-18(14-17)15-21(20-16-19(25)3-5-23(20)31-22)27-9-6-26(7-10-27)8-11-28-12-13-30-24(28)29;5-1(3(7)8)2(6)4(9)10/h2-5,14,16,21H,6-13,15H2,1H3;1-2,5-6H,(H,7,8)(H,9,10)/t21-;1-,2-/m11/s1. The number of carbonyl (C=O) groups is 3. The van der Waals surface area contributed by atoms with Crippen LogP contribution in [0.15, 0.2) is 46.2 Å². The minimum Gasteiger partial charge on any atom is -0.479 e. The molecule has 2 saturated heterocycles. The molecule has 3 aliphatic rings. The van der Waals surface area contributed by atoms with Gasteiger partial charge in [-0.15, -0.1) is 0 Å². The SMILES string of the molecule is Cc1ccc2c(c1)C[C@@H](N1CCN(CCN3CCOC3=O)CC1)c1cc(F)ccc1S2.O=C(O)[C@H](O)[C@@H](O)C(=O)O. The first-order valence-electron chi connectivity index (χ1n) is 13.3. The number of aliphatic carboxylic acids is 2. The van der Waals surface area contributed by atoms with E-state index in [4.69, 9.17) is 25.2 Å². The second kappa shape index (κ2) is 13.6. The van der Waals surface area contributed by atoms with E-state index >= 15 is 0 Å². The number of fused-ring (bicyclic) bond motifs is 2. The number of hydrogen-bond acceptors (Lipinski definition) is 9. The third kappa shape index (κ3) is 7.74. The Morgan fingerprint density at radius 3 is 2.24 bits per heavy atom. The number of aliphatic hydroxyl groups excluding tert-OH is 2. The maximum absolute atomic E-state index is 14.2. The average molecular weight is 592 g/mol. The van der Waals surface area contributed by atoms with Crippen LogP contribution in [0.2, 0.25) is 0 Å². The number of aliphatic hydroxyl groups is 2. The van der Waals surface area contributed by atoms with Crippen molar-refractivity contribution in [3.63, 3.8) is 0 Å². The van der Waals surface area contributed by atoms with E-state index in [9.17, 15) is 18.8 Å². The first-order valence-corrected chi connectivity index (χ1v) is 14.1. The molecule has 3 atom stereocenters. The fraction of sp³-hybridized carbons (Fsp3) is 0.464. The highest BCUT2D eigenvalue weighted by Crippen LogP contribution is 2.43.